The lowest BCUT2D eigenvalue weighted by Gasteiger charge is -2.24. The van der Waals surface area contributed by atoms with Crippen molar-refractivity contribution in [2.75, 3.05) is 0 Å². The molecule has 0 aromatic heterocycles. The molecule has 0 bridgehead atoms. The molecule has 0 saturated heterocycles. The second-order valence-electron chi connectivity index (χ2n) is 5.81. The molecule has 1 rings (SSSR count). The average Bonchev–Trinajstić information content (AvgIpc) is 2.23. The Kier molecular flexibility index (Phi) is 5.99. The maximum atomic E-state index is 11.0. The van der Waals surface area contributed by atoms with Gasteiger partial charge in [0.2, 0.25) is 0 Å². The van der Waals surface area contributed by atoms with Crippen molar-refractivity contribution < 1.29 is 18.9 Å². The number of hydrogen-bond donors (Lipinski definition) is 2. The van der Waals surface area contributed by atoms with Crippen molar-refractivity contribution in [3.63, 3.8) is 0 Å². The van der Waals surface area contributed by atoms with Gasteiger partial charge in [-0.15, -0.1) is 0 Å². The summed E-state index contributed by atoms with van der Waals surface area (Å²) < 4.78 is 15.8. The van der Waals surface area contributed by atoms with Crippen molar-refractivity contribution in [2.24, 2.45) is 5.41 Å². The predicted molar refractivity (Wildman–Crippen MR) is 81.5 cm³/mol. The van der Waals surface area contributed by atoms with Gasteiger partial charge < -0.3 is 9.79 Å². The van der Waals surface area contributed by atoms with Gasteiger partial charge in [-0.3, -0.25) is 4.52 Å². The van der Waals surface area contributed by atoms with E-state index >= 15 is 0 Å². The summed E-state index contributed by atoms with van der Waals surface area (Å²) in [7, 11) is -4.51. The molecule has 1 atom stereocenters. The third-order valence-corrected chi connectivity index (χ3v) is 3.26. The van der Waals surface area contributed by atoms with Crippen LogP contribution in [-0.2, 0) is 9.09 Å². The molecule has 0 spiro atoms. The molecule has 0 aliphatic heterocycles. The van der Waals surface area contributed by atoms with Crippen LogP contribution in [0.2, 0.25) is 5.02 Å². The van der Waals surface area contributed by atoms with E-state index in [9.17, 15) is 4.57 Å². The van der Waals surface area contributed by atoms with Crippen LogP contribution in [0.4, 0.5) is 0 Å². The molecule has 0 aliphatic rings. The fourth-order valence-electron chi connectivity index (χ4n) is 1.71. The number of rotatable bonds is 5. The minimum Gasteiger partial charge on any atom is -0.303 e. The van der Waals surface area contributed by atoms with Gasteiger partial charge in [-0.2, -0.15) is 0 Å². The fraction of sp³-hybridized carbons (Fsp3) is 0.429. The van der Waals surface area contributed by atoms with E-state index in [2.05, 4.69) is 0 Å². The first-order chi connectivity index (χ1) is 9.05. The number of hydrogen-bond acceptors (Lipinski definition) is 2. The molecule has 112 valence electrons. The Labute approximate surface area is 124 Å². The Morgan fingerprint density at radius 3 is 2.30 bits per heavy atom. The normalized spacial score (nSPS) is 14.7. The van der Waals surface area contributed by atoms with Crippen LogP contribution in [0.3, 0.4) is 0 Å². The summed E-state index contributed by atoms with van der Waals surface area (Å²) in [6.45, 7) is 5.96. The molecule has 0 amide bonds. The molecule has 1 aromatic rings. The van der Waals surface area contributed by atoms with Crippen molar-refractivity contribution in [3.05, 3.63) is 40.9 Å². The lowest BCUT2D eigenvalue weighted by Crippen LogP contribution is -2.18. The summed E-state index contributed by atoms with van der Waals surface area (Å²) in [6.07, 6.45) is 3.28. The Morgan fingerprint density at radius 1 is 1.30 bits per heavy atom. The van der Waals surface area contributed by atoms with E-state index in [0.29, 0.717) is 11.4 Å². The van der Waals surface area contributed by atoms with Gasteiger partial charge in [0.05, 0.1) is 6.10 Å². The topological polar surface area (TPSA) is 66.8 Å². The van der Waals surface area contributed by atoms with Crippen LogP contribution in [0.25, 0.3) is 6.08 Å². The van der Waals surface area contributed by atoms with Crippen LogP contribution in [0, 0.1) is 5.41 Å². The van der Waals surface area contributed by atoms with Gasteiger partial charge in [0.15, 0.2) is 0 Å². The van der Waals surface area contributed by atoms with E-state index in [1.165, 1.54) is 0 Å². The van der Waals surface area contributed by atoms with Crippen LogP contribution in [0.15, 0.2) is 30.3 Å². The van der Waals surface area contributed by atoms with Gasteiger partial charge in [0.1, 0.15) is 0 Å². The van der Waals surface area contributed by atoms with Crippen LogP contribution in [0.1, 0.15) is 32.8 Å². The van der Waals surface area contributed by atoms with Crippen LogP contribution in [-0.4, -0.2) is 15.9 Å². The highest BCUT2D eigenvalue weighted by Crippen LogP contribution is 2.40. The zero-order chi connectivity index (χ0) is 15.4. The minimum absolute atomic E-state index is 0.107. The number of phosphoric ester groups is 1. The smallest absolute Gasteiger partial charge is 0.303 e. The molecule has 0 radical (unpaired) electrons. The quantitative estimate of drug-likeness (QED) is 0.796. The lowest BCUT2D eigenvalue weighted by atomic mass is 9.89. The third-order valence-electron chi connectivity index (χ3n) is 2.46. The van der Waals surface area contributed by atoms with Crippen molar-refractivity contribution in [1.82, 2.24) is 0 Å². The molecule has 0 fully saturated rings. The van der Waals surface area contributed by atoms with Gasteiger partial charge in [-0.05, 0) is 29.5 Å². The summed E-state index contributed by atoms with van der Waals surface area (Å²) in [5.74, 6) is 0. The van der Waals surface area contributed by atoms with Crippen LogP contribution < -0.4 is 0 Å². The Hall–Kier alpha value is -0.640. The summed E-state index contributed by atoms with van der Waals surface area (Å²) in [4.78, 5) is 17.9. The average molecular weight is 319 g/mol. The van der Waals surface area contributed by atoms with Crippen molar-refractivity contribution in [3.8, 4) is 0 Å². The van der Waals surface area contributed by atoms with Gasteiger partial charge in [0, 0.05) is 5.02 Å². The van der Waals surface area contributed by atoms with E-state index < -0.39 is 13.9 Å². The fourth-order valence-corrected chi connectivity index (χ4v) is 2.34. The Bertz CT molecular complexity index is 499. The molecule has 0 saturated carbocycles. The first kappa shape index (κ1) is 17.4. The summed E-state index contributed by atoms with van der Waals surface area (Å²) in [5.41, 5.74) is 0.784. The first-order valence-corrected chi connectivity index (χ1v) is 8.14. The monoisotopic (exact) mass is 318 g/mol. The predicted octanol–water partition coefficient (Wildman–Crippen LogP) is 4.27. The summed E-state index contributed by atoms with van der Waals surface area (Å²) in [6, 6.07) is 7.16. The van der Waals surface area contributed by atoms with E-state index in [0.717, 1.165) is 5.56 Å². The third kappa shape index (κ3) is 7.83. The molecule has 0 aliphatic carbocycles. The highest BCUT2D eigenvalue weighted by atomic mass is 35.5. The molecular formula is C14H20ClO4P. The highest BCUT2D eigenvalue weighted by molar-refractivity contribution is 7.46. The summed E-state index contributed by atoms with van der Waals surface area (Å²) in [5, 5.41) is 0.639. The molecule has 20 heavy (non-hydrogen) atoms. The van der Waals surface area contributed by atoms with E-state index in [1.54, 1.807) is 24.3 Å². The number of phosphoric acid groups is 1. The standard InChI is InChI=1S/C14H20ClO4P/c1-14(2,3)10-13(19-20(16,17)18)9-6-11-4-7-12(15)8-5-11/h4-9,13H,10H2,1-3H3,(H2,16,17,18). The van der Waals surface area contributed by atoms with Crippen molar-refractivity contribution in [1.29, 1.82) is 0 Å². The van der Waals surface area contributed by atoms with Gasteiger partial charge >= 0.3 is 7.82 Å². The zero-order valence-corrected chi connectivity index (χ0v) is 13.4. The van der Waals surface area contributed by atoms with Crippen LogP contribution >= 0.6 is 19.4 Å². The lowest BCUT2D eigenvalue weighted by molar-refractivity contribution is 0.129. The first-order valence-electron chi connectivity index (χ1n) is 6.23. The van der Waals surface area contributed by atoms with Gasteiger partial charge in [-0.1, -0.05) is 56.7 Å². The molecule has 1 unspecified atom stereocenters. The van der Waals surface area contributed by atoms with Crippen LogP contribution in [0.5, 0.6) is 0 Å². The van der Waals surface area contributed by atoms with Crippen molar-refractivity contribution >= 4 is 25.5 Å². The maximum absolute atomic E-state index is 11.0. The molecule has 0 heterocycles. The Morgan fingerprint density at radius 2 is 1.85 bits per heavy atom. The van der Waals surface area contributed by atoms with E-state index in [4.69, 9.17) is 25.9 Å². The molecule has 4 nitrogen and oxygen atoms in total. The van der Waals surface area contributed by atoms with Crippen molar-refractivity contribution in [2.45, 2.75) is 33.3 Å². The number of halogens is 1. The largest absolute Gasteiger partial charge is 0.470 e. The molecular weight excluding hydrogens is 299 g/mol. The Balaban J connectivity index is 2.82. The second-order valence-corrected chi connectivity index (χ2v) is 7.44. The SMILES string of the molecule is CC(C)(C)CC(C=Cc1ccc(Cl)cc1)OP(=O)(O)O. The highest BCUT2D eigenvalue weighted by Gasteiger charge is 2.24. The summed E-state index contributed by atoms with van der Waals surface area (Å²) >= 11 is 5.80. The van der Waals surface area contributed by atoms with Gasteiger partial charge in [-0.25, -0.2) is 4.57 Å². The minimum atomic E-state index is -4.51. The molecule has 1 aromatic carbocycles. The second kappa shape index (κ2) is 6.88. The molecule has 2 N–H and O–H groups in total. The molecule has 6 heteroatoms. The van der Waals surface area contributed by atoms with E-state index in [-0.39, 0.29) is 5.41 Å². The van der Waals surface area contributed by atoms with Gasteiger partial charge in [0.25, 0.3) is 0 Å². The van der Waals surface area contributed by atoms with E-state index in [1.807, 2.05) is 32.9 Å². The number of benzene rings is 1. The maximum Gasteiger partial charge on any atom is 0.470 e. The zero-order valence-electron chi connectivity index (χ0n) is 11.8.